The number of carbonyl (C=O) groups excluding carboxylic acids is 2. The maximum Gasteiger partial charge on any atom is 0.339 e. The van der Waals surface area contributed by atoms with Crippen molar-refractivity contribution < 1.29 is 18.5 Å². The Kier molecular flexibility index (Phi) is 8.14. The van der Waals surface area contributed by atoms with E-state index in [-0.39, 0.29) is 23.4 Å². The first kappa shape index (κ1) is 22.8. The predicted octanol–water partition coefficient (Wildman–Crippen LogP) is 4.22. The molecular weight excluding hydrogens is 386 g/mol. The number of carbonyl (C=O) groups is 2. The van der Waals surface area contributed by atoms with E-state index in [4.69, 9.17) is 4.74 Å². The Hall–Kier alpha value is -2.47. The van der Waals surface area contributed by atoms with Gasteiger partial charge in [0, 0.05) is 6.26 Å². The molecule has 1 amide bonds. The van der Waals surface area contributed by atoms with Gasteiger partial charge in [-0.2, -0.15) is 0 Å². The lowest BCUT2D eigenvalue weighted by Gasteiger charge is -2.23. The summed E-state index contributed by atoms with van der Waals surface area (Å²) in [5.41, 5.74) is 2.46. The van der Waals surface area contributed by atoms with Crippen molar-refractivity contribution in [2.45, 2.75) is 44.6 Å². The van der Waals surface area contributed by atoms with Gasteiger partial charge in [0.15, 0.2) is 6.61 Å². The molecule has 0 fully saturated rings. The minimum absolute atomic E-state index is 0.169. The number of hydrogen-bond acceptors (Lipinski definition) is 4. The fourth-order valence-electron chi connectivity index (χ4n) is 3.03. The fourth-order valence-corrected chi connectivity index (χ4v) is 3.76. The minimum atomic E-state index is -1.32. The Morgan fingerprint density at radius 2 is 1.55 bits per heavy atom. The second-order valence-corrected chi connectivity index (χ2v) is 8.99. The summed E-state index contributed by atoms with van der Waals surface area (Å²) < 4.78 is 16.9. The standard InChI is InChI=1S/C23H29NO4S/c1-15(2)17-10-12-18(13-11-17)22(16(3)4)24-21(25)14-28-23(26)19-8-6-7-9-20(19)29(5)27/h6-13,15-16,22H,14H2,1-5H3,(H,24,25)/t22-,29+/m1/s1. The molecule has 0 aliphatic heterocycles. The monoisotopic (exact) mass is 415 g/mol. The second kappa shape index (κ2) is 10.3. The number of ether oxygens (including phenoxy) is 1. The van der Waals surface area contributed by atoms with Crippen LogP contribution in [0.25, 0.3) is 0 Å². The molecule has 0 aliphatic carbocycles. The van der Waals surface area contributed by atoms with Crippen LogP contribution in [-0.2, 0) is 20.3 Å². The summed E-state index contributed by atoms with van der Waals surface area (Å²) in [6, 6.07) is 14.6. The first-order valence-electron chi connectivity index (χ1n) is 9.69. The molecule has 0 saturated heterocycles. The van der Waals surface area contributed by atoms with Crippen LogP contribution in [-0.4, -0.2) is 28.9 Å². The second-order valence-electron chi connectivity index (χ2n) is 7.64. The summed E-state index contributed by atoms with van der Waals surface area (Å²) in [4.78, 5) is 25.1. The number of amides is 1. The van der Waals surface area contributed by atoms with Gasteiger partial charge in [-0.25, -0.2) is 4.79 Å². The van der Waals surface area contributed by atoms with Crippen molar-refractivity contribution in [1.82, 2.24) is 5.32 Å². The van der Waals surface area contributed by atoms with Gasteiger partial charge in [0.05, 0.1) is 27.3 Å². The lowest BCUT2D eigenvalue weighted by molar-refractivity contribution is -0.125. The molecule has 2 aromatic carbocycles. The van der Waals surface area contributed by atoms with Crippen molar-refractivity contribution in [3.05, 3.63) is 65.2 Å². The molecular formula is C23H29NO4S. The van der Waals surface area contributed by atoms with E-state index in [1.165, 1.54) is 11.8 Å². The van der Waals surface area contributed by atoms with Gasteiger partial charge in [0.2, 0.25) is 0 Å². The summed E-state index contributed by atoms with van der Waals surface area (Å²) in [5.74, 6) is -0.424. The topological polar surface area (TPSA) is 72.5 Å². The van der Waals surface area contributed by atoms with Crippen LogP contribution in [0, 0.1) is 5.92 Å². The molecule has 2 rings (SSSR count). The van der Waals surface area contributed by atoms with Crippen LogP contribution in [0.5, 0.6) is 0 Å². The molecule has 0 aliphatic rings. The van der Waals surface area contributed by atoms with Crippen LogP contribution >= 0.6 is 0 Å². The Morgan fingerprint density at radius 3 is 2.10 bits per heavy atom. The maximum atomic E-state index is 12.4. The number of rotatable bonds is 8. The lowest BCUT2D eigenvalue weighted by atomic mass is 9.93. The normalized spacial score (nSPS) is 13.2. The van der Waals surface area contributed by atoms with Crippen molar-refractivity contribution in [3.63, 3.8) is 0 Å². The van der Waals surface area contributed by atoms with E-state index in [1.54, 1.807) is 24.3 Å². The van der Waals surface area contributed by atoms with Crippen molar-refractivity contribution in [2.24, 2.45) is 5.92 Å². The Labute approximate surface area is 175 Å². The highest BCUT2D eigenvalue weighted by Crippen LogP contribution is 2.24. The Balaban J connectivity index is 2.02. The molecule has 0 bridgehead atoms. The number of nitrogens with one attached hydrogen (secondary N) is 1. The molecule has 0 saturated carbocycles. The third kappa shape index (κ3) is 6.26. The molecule has 29 heavy (non-hydrogen) atoms. The van der Waals surface area contributed by atoms with Gasteiger partial charge in [-0.15, -0.1) is 0 Å². The molecule has 1 N–H and O–H groups in total. The average Bonchev–Trinajstić information content (AvgIpc) is 2.70. The number of benzene rings is 2. The summed E-state index contributed by atoms with van der Waals surface area (Å²) in [5, 5.41) is 2.95. The quantitative estimate of drug-likeness (QED) is 0.655. The molecule has 0 unspecified atom stereocenters. The van der Waals surface area contributed by atoms with E-state index in [2.05, 4.69) is 31.3 Å². The average molecular weight is 416 g/mol. The van der Waals surface area contributed by atoms with Gasteiger partial charge in [0.1, 0.15) is 0 Å². The Morgan fingerprint density at radius 1 is 0.966 bits per heavy atom. The third-order valence-corrected chi connectivity index (χ3v) is 5.67. The number of esters is 1. The van der Waals surface area contributed by atoms with E-state index < -0.39 is 23.4 Å². The van der Waals surface area contributed by atoms with Crippen molar-refractivity contribution in [1.29, 1.82) is 0 Å². The van der Waals surface area contributed by atoms with Gasteiger partial charge in [0.25, 0.3) is 5.91 Å². The minimum Gasteiger partial charge on any atom is -0.452 e. The van der Waals surface area contributed by atoms with Crippen LogP contribution in [0.2, 0.25) is 0 Å². The van der Waals surface area contributed by atoms with E-state index in [0.29, 0.717) is 10.8 Å². The summed E-state index contributed by atoms with van der Waals surface area (Å²) in [6.07, 6.45) is 1.50. The number of hydrogen-bond donors (Lipinski definition) is 1. The van der Waals surface area contributed by atoms with Gasteiger partial charge in [-0.05, 0) is 35.1 Å². The maximum absolute atomic E-state index is 12.4. The van der Waals surface area contributed by atoms with E-state index in [9.17, 15) is 13.8 Å². The van der Waals surface area contributed by atoms with Crippen molar-refractivity contribution in [3.8, 4) is 0 Å². The van der Waals surface area contributed by atoms with Crippen LogP contribution in [0.15, 0.2) is 53.4 Å². The first-order chi connectivity index (χ1) is 13.7. The highest BCUT2D eigenvalue weighted by molar-refractivity contribution is 7.84. The molecule has 2 atom stereocenters. The zero-order chi connectivity index (χ0) is 21.6. The van der Waals surface area contributed by atoms with E-state index in [1.807, 2.05) is 26.0 Å². The largest absolute Gasteiger partial charge is 0.452 e. The van der Waals surface area contributed by atoms with Crippen LogP contribution < -0.4 is 5.32 Å². The van der Waals surface area contributed by atoms with Crippen molar-refractivity contribution in [2.75, 3.05) is 12.9 Å². The zero-order valence-corrected chi connectivity index (χ0v) is 18.4. The molecule has 6 heteroatoms. The smallest absolute Gasteiger partial charge is 0.339 e. The SMILES string of the molecule is CC(C)c1ccc([C@H](NC(=O)COC(=O)c2ccccc2[S@](C)=O)C(C)C)cc1. The van der Waals surface area contributed by atoms with Crippen LogP contribution in [0.1, 0.15) is 61.1 Å². The molecule has 5 nitrogen and oxygen atoms in total. The summed E-state index contributed by atoms with van der Waals surface area (Å²) in [6.45, 7) is 7.94. The predicted molar refractivity (Wildman–Crippen MR) is 115 cm³/mol. The highest BCUT2D eigenvalue weighted by atomic mass is 32.2. The van der Waals surface area contributed by atoms with Crippen LogP contribution in [0.4, 0.5) is 0 Å². The zero-order valence-electron chi connectivity index (χ0n) is 17.6. The third-order valence-electron chi connectivity index (χ3n) is 4.70. The summed E-state index contributed by atoms with van der Waals surface area (Å²) in [7, 11) is -1.32. The van der Waals surface area contributed by atoms with Gasteiger partial charge >= 0.3 is 5.97 Å². The molecule has 2 aromatic rings. The van der Waals surface area contributed by atoms with E-state index >= 15 is 0 Å². The molecule has 0 radical (unpaired) electrons. The first-order valence-corrected chi connectivity index (χ1v) is 11.2. The highest BCUT2D eigenvalue weighted by Gasteiger charge is 2.21. The molecule has 0 spiro atoms. The van der Waals surface area contributed by atoms with E-state index in [0.717, 1.165) is 5.56 Å². The van der Waals surface area contributed by atoms with Crippen LogP contribution in [0.3, 0.4) is 0 Å². The van der Waals surface area contributed by atoms with Gasteiger partial charge < -0.3 is 10.1 Å². The molecule has 0 aromatic heterocycles. The Bertz CT molecular complexity index is 875. The molecule has 156 valence electrons. The molecule has 0 heterocycles. The van der Waals surface area contributed by atoms with Crippen molar-refractivity contribution >= 4 is 22.7 Å². The fraction of sp³-hybridized carbons (Fsp3) is 0.391. The summed E-state index contributed by atoms with van der Waals surface area (Å²) >= 11 is 0. The van der Waals surface area contributed by atoms with Gasteiger partial charge in [-0.3, -0.25) is 9.00 Å². The van der Waals surface area contributed by atoms with Gasteiger partial charge in [-0.1, -0.05) is 64.1 Å². The lowest BCUT2D eigenvalue weighted by Crippen LogP contribution is -2.35.